The van der Waals surface area contributed by atoms with E-state index in [2.05, 4.69) is 9.80 Å². The Morgan fingerprint density at radius 1 is 1.15 bits per heavy atom. The molecule has 1 aromatic rings. The number of fused-ring (bicyclic) bond motifs is 3. The number of nitrogens with two attached hydrogens (primary N) is 1. The number of ether oxygens (including phenoxy) is 2. The molecule has 3 fully saturated rings. The molecule has 4 rings (SSSR count). The van der Waals surface area contributed by atoms with Crippen LogP contribution >= 0.6 is 0 Å². The zero-order valence-corrected chi connectivity index (χ0v) is 12.2. The van der Waals surface area contributed by atoms with Crippen LogP contribution in [-0.2, 0) is 0 Å². The van der Waals surface area contributed by atoms with Crippen molar-refractivity contribution >= 4 is 0 Å². The van der Waals surface area contributed by atoms with E-state index in [-0.39, 0.29) is 6.04 Å². The van der Waals surface area contributed by atoms with Gasteiger partial charge in [0, 0.05) is 50.4 Å². The number of hydrogen-bond acceptors (Lipinski definition) is 5. The summed E-state index contributed by atoms with van der Waals surface area (Å²) in [7, 11) is 3.34. The van der Waals surface area contributed by atoms with E-state index >= 15 is 0 Å². The molecule has 0 aliphatic carbocycles. The Morgan fingerprint density at radius 2 is 1.90 bits per heavy atom. The Balaban J connectivity index is 1.84. The van der Waals surface area contributed by atoms with Crippen molar-refractivity contribution in [2.24, 2.45) is 5.73 Å². The van der Waals surface area contributed by atoms with Crippen molar-refractivity contribution in [3.8, 4) is 11.5 Å². The highest BCUT2D eigenvalue weighted by molar-refractivity contribution is 5.43. The van der Waals surface area contributed by atoms with E-state index in [1.165, 1.54) is 13.1 Å². The van der Waals surface area contributed by atoms with Gasteiger partial charge in [0.1, 0.15) is 11.5 Å². The molecule has 2 bridgehead atoms. The topological polar surface area (TPSA) is 51.0 Å². The first kappa shape index (κ1) is 13.7. The molecule has 5 nitrogen and oxygen atoms in total. The lowest BCUT2D eigenvalue weighted by Gasteiger charge is -2.49. The van der Waals surface area contributed by atoms with Crippen molar-refractivity contribution in [2.45, 2.75) is 12.1 Å². The largest absolute Gasteiger partial charge is 0.497 e. The maximum absolute atomic E-state index is 6.54. The first-order chi connectivity index (χ1) is 9.72. The minimum Gasteiger partial charge on any atom is -0.497 e. The Labute approximate surface area is 120 Å². The van der Waals surface area contributed by atoms with Gasteiger partial charge in [-0.1, -0.05) is 6.07 Å². The summed E-state index contributed by atoms with van der Waals surface area (Å²) in [6, 6.07) is 6.24. The van der Waals surface area contributed by atoms with E-state index in [9.17, 15) is 0 Å². The van der Waals surface area contributed by atoms with E-state index in [4.69, 9.17) is 15.2 Å². The van der Waals surface area contributed by atoms with E-state index < -0.39 is 0 Å². The number of piperazine rings is 3. The Kier molecular flexibility index (Phi) is 3.83. The standard InChI is InChI=1S/C15H23N3O2/c1-19-11-3-4-12(14(9-11)20-2)15(16)13-10-17-5-7-18(13)8-6-17/h3-4,9,13,15H,5-8,10,16H2,1-2H3. The summed E-state index contributed by atoms with van der Waals surface area (Å²) in [4.78, 5) is 5.01. The molecule has 3 aliphatic rings. The summed E-state index contributed by atoms with van der Waals surface area (Å²) in [5.41, 5.74) is 7.60. The maximum Gasteiger partial charge on any atom is 0.127 e. The number of benzene rings is 1. The van der Waals surface area contributed by atoms with Gasteiger partial charge in [-0.25, -0.2) is 0 Å². The third-order valence-corrected chi connectivity index (χ3v) is 4.54. The second-order valence-corrected chi connectivity index (χ2v) is 5.54. The highest BCUT2D eigenvalue weighted by Gasteiger charge is 2.36. The average molecular weight is 277 g/mol. The Bertz CT molecular complexity index is 472. The van der Waals surface area contributed by atoms with Gasteiger partial charge in [0.05, 0.1) is 20.3 Å². The lowest BCUT2D eigenvalue weighted by Crippen LogP contribution is -2.63. The molecule has 0 radical (unpaired) electrons. The van der Waals surface area contributed by atoms with Crippen molar-refractivity contribution < 1.29 is 9.47 Å². The van der Waals surface area contributed by atoms with Gasteiger partial charge in [-0.2, -0.15) is 0 Å². The van der Waals surface area contributed by atoms with Gasteiger partial charge in [0.25, 0.3) is 0 Å². The summed E-state index contributed by atoms with van der Waals surface area (Å²) in [6.45, 7) is 5.63. The van der Waals surface area contributed by atoms with Crippen LogP contribution in [0.15, 0.2) is 18.2 Å². The van der Waals surface area contributed by atoms with Gasteiger partial charge in [-0.3, -0.25) is 9.80 Å². The van der Waals surface area contributed by atoms with Crippen molar-refractivity contribution in [3.05, 3.63) is 23.8 Å². The fraction of sp³-hybridized carbons (Fsp3) is 0.600. The molecule has 3 aliphatic heterocycles. The third kappa shape index (κ3) is 2.37. The van der Waals surface area contributed by atoms with E-state index in [0.717, 1.165) is 36.7 Å². The molecule has 5 heteroatoms. The number of hydrogen-bond donors (Lipinski definition) is 1. The highest BCUT2D eigenvalue weighted by Crippen LogP contribution is 2.33. The van der Waals surface area contributed by atoms with Crippen molar-refractivity contribution in [1.29, 1.82) is 0 Å². The minimum atomic E-state index is -0.0287. The lowest BCUT2D eigenvalue weighted by atomic mass is 9.94. The Hall–Kier alpha value is -1.30. The fourth-order valence-corrected chi connectivity index (χ4v) is 3.30. The first-order valence-corrected chi connectivity index (χ1v) is 7.17. The zero-order valence-electron chi connectivity index (χ0n) is 12.2. The molecular formula is C15H23N3O2. The van der Waals surface area contributed by atoms with Crippen LogP contribution in [0.4, 0.5) is 0 Å². The normalized spacial score (nSPS) is 30.1. The van der Waals surface area contributed by atoms with Crippen LogP contribution < -0.4 is 15.2 Å². The SMILES string of the molecule is COc1ccc(C(N)C2CN3CCN2CC3)c(OC)c1. The van der Waals surface area contributed by atoms with Crippen LogP contribution in [0, 0.1) is 0 Å². The zero-order chi connectivity index (χ0) is 14.1. The smallest absolute Gasteiger partial charge is 0.127 e. The first-order valence-electron chi connectivity index (χ1n) is 7.17. The molecule has 2 unspecified atom stereocenters. The number of rotatable bonds is 4. The van der Waals surface area contributed by atoms with E-state index in [0.29, 0.717) is 6.04 Å². The summed E-state index contributed by atoms with van der Waals surface area (Å²) >= 11 is 0. The molecule has 3 saturated heterocycles. The molecule has 0 saturated carbocycles. The quantitative estimate of drug-likeness (QED) is 0.878. The molecule has 0 aromatic heterocycles. The van der Waals surface area contributed by atoms with Crippen molar-refractivity contribution in [1.82, 2.24) is 9.80 Å². The van der Waals surface area contributed by atoms with Crippen molar-refractivity contribution in [2.75, 3.05) is 46.9 Å². The molecule has 0 spiro atoms. The van der Waals surface area contributed by atoms with Crippen LogP contribution in [-0.4, -0.2) is 62.8 Å². The summed E-state index contributed by atoms with van der Waals surface area (Å²) < 4.78 is 10.7. The van der Waals surface area contributed by atoms with E-state index in [1.807, 2.05) is 18.2 Å². The van der Waals surface area contributed by atoms with Gasteiger partial charge in [0.2, 0.25) is 0 Å². The monoisotopic (exact) mass is 277 g/mol. The van der Waals surface area contributed by atoms with Gasteiger partial charge in [0.15, 0.2) is 0 Å². The molecule has 110 valence electrons. The molecular weight excluding hydrogens is 254 g/mol. The number of methoxy groups -OCH3 is 2. The third-order valence-electron chi connectivity index (χ3n) is 4.54. The van der Waals surface area contributed by atoms with Crippen molar-refractivity contribution in [3.63, 3.8) is 0 Å². The predicted octanol–water partition coefficient (Wildman–Crippen LogP) is 0.703. The summed E-state index contributed by atoms with van der Waals surface area (Å²) in [5, 5.41) is 0. The van der Waals surface area contributed by atoms with Crippen LogP contribution in [0.25, 0.3) is 0 Å². The summed E-state index contributed by atoms with van der Waals surface area (Å²) in [5.74, 6) is 1.61. The lowest BCUT2D eigenvalue weighted by molar-refractivity contribution is 0.00186. The molecule has 20 heavy (non-hydrogen) atoms. The minimum absolute atomic E-state index is 0.0287. The van der Waals surface area contributed by atoms with Gasteiger partial charge < -0.3 is 15.2 Å². The molecule has 1 aromatic carbocycles. The second kappa shape index (κ2) is 5.60. The van der Waals surface area contributed by atoms with Crippen LogP contribution in [0.1, 0.15) is 11.6 Å². The molecule has 3 heterocycles. The molecule has 2 atom stereocenters. The van der Waals surface area contributed by atoms with Gasteiger partial charge >= 0.3 is 0 Å². The Morgan fingerprint density at radius 3 is 2.45 bits per heavy atom. The highest BCUT2D eigenvalue weighted by atomic mass is 16.5. The maximum atomic E-state index is 6.54. The van der Waals surface area contributed by atoms with Crippen LogP contribution in [0.5, 0.6) is 11.5 Å². The average Bonchev–Trinajstić information content (AvgIpc) is 2.54. The molecule has 2 N–H and O–H groups in total. The summed E-state index contributed by atoms with van der Waals surface area (Å²) in [6.07, 6.45) is 0. The van der Waals surface area contributed by atoms with Crippen LogP contribution in [0.3, 0.4) is 0 Å². The predicted molar refractivity (Wildman–Crippen MR) is 78.3 cm³/mol. The fourth-order valence-electron chi connectivity index (χ4n) is 3.30. The van der Waals surface area contributed by atoms with Gasteiger partial charge in [-0.05, 0) is 6.07 Å². The molecule has 0 amide bonds. The second-order valence-electron chi connectivity index (χ2n) is 5.54. The van der Waals surface area contributed by atoms with Gasteiger partial charge in [-0.15, -0.1) is 0 Å². The van der Waals surface area contributed by atoms with Crippen LogP contribution in [0.2, 0.25) is 0 Å². The van der Waals surface area contributed by atoms with E-state index in [1.54, 1.807) is 14.2 Å². The number of nitrogens with zero attached hydrogens (tertiary/aromatic N) is 2.